The van der Waals surface area contributed by atoms with Crippen molar-refractivity contribution >= 4 is 22.1 Å². The van der Waals surface area contributed by atoms with Crippen LogP contribution in [0.5, 0.6) is 0 Å². The lowest BCUT2D eigenvalue weighted by Crippen LogP contribution is -1.90. The zero-order valence-corrected chi connectivity index (χ0v) is 7.54. The van der Waals surface area contributed by atoms with Gasteiger partial charge in [-0.15, -0.1) is 0 Å². The third-order valence-electron chi connectivity index (χ3n) is 1.33. The first kappa shape index (κ1) is 8.20. The molecule has 4 heteroatoms. The van der Waals surface area contributed by atoms with Gasteiger partial charge >= 0.3 is 0 Å². The molecule has 1 rings (SSSR count). The molecule has 0 radical (unpaired) electrons. The first-order chi connectivity index (χ1) is 5.25. The lowest BCUT2D eigenvalue weighted by Gasteiger charge is -1.99. The Bertz CT molecular complexity index is 266. The molecule has 1 N–H and O–H groups in total. The number of aromatic nitrogens is 1. The van der Waals surface area contributed by atoms with Crippen LogP contribution in [0, 0.1) is 6.92 Å². The largest absolute Gasteiger partial charge is 0.411 e. The summed E-state index contributed by atoms with van der Waals surface area (Å²) >= 11 is 3.28. The Labute approximate surface area is 72.9 Å². The van der Waals surface area contributed by atoms with Gasteiger partial charge in [0.2, 0.25) is 0 Å². The van der Waals surface area contributed by atoms with Crippen molar-refractivity contribution in [2.24, 2.45) is 5.16 Å². The van der Waals surface area contributed by atoms with E-state index in [1.807, 2.05) is 6.92 Å². The van der Waals surface area contributed by atoms with Gasteiger partial charge in [0.05, 0.1) is 6.21 Å². The van der Waals surface area contributed by atoms with Gasteiger partial charge < -0.3 is 5.21 Å². The van der Waals surface area contributed by atoms with Crippen LogP contribution in [0.3, 0.4) is 0 Å². The third kappa shape index (κ3) is 1.77. The third-order valence-corrected chi connectivity index (χ3v) is 1.96. The van der Waals surface area contributed by atoms with Crippen molar-refractivity contribution in [2.45, 2.75) is 6.92 Å². The van der Waals surface area contributed by atoms with Gasteiger partial charge in [-0.1, -0.05) is 5.16 Å². The lowest BCUT2D eigenvalue weighted by atomic mass is 10.2. The molecule has 1 aromatic heterocycles. The Morgan fingerprint density at radius 2 is 2.36 bits per heavy atom. The smallest absolute Gasteiger partial charge is 0.0748 e. The summed E-state index contributed by atoms with van der Waals surface area (Å²) in [5, 5.41) is 11.2. The van der Waals surface area contributed by atoms with Gasteiger partial charge in [0, 0.05) is 22.4 Å². The monoisotopic (exact) mass is 214 g/mol. The van der Waals surface area contributed by atoms with Crippen LogP contribution in [0.25, 0.3) is 0 Å². The number of hydrogen-bond acceptors (Lipinski definition) is 3. The molecule has 0 aliphatic carbocycles. The number of nitrogens with zero attached hydrogens (tertiary/aromatic N) is 2. The number of pyridine rings is 1. The molecule has 0 saturated heterocycles. The highest BCUT2D eigenvalue weighted by Gasteiger charge is 1.99. The fourth-order valence-electron chi connectivity index (χ4n) is 0.763. The summed E-state index contributed by atoms with van der Waals surface area (Å²) in [7, 11) is 0. The summed E-state index contributed by atoms with van der Waals surface area (Å²) < 4.78 is 0.829. The van der Waals surface area contributed by atoms with Crippen LogP contribution in [0.15, 0.2) is 22.0 Å². The van der Waals surface area contributed by atoms with E-state index >= 15 is 0 Å². The first-order valence-electron chi connectivity index (χ1n) is 3.03. The molecular weight excluding hydrogens is 208 g/mol. The maximum atomic E-state index is 8.30. The van der Waals surface area contributed by atoms with E-state index in [1.165, 1.54) is 6.21 Å². The van der Waals surface area contributed by atoms with Gasteiger partial charge in [-0.3, -0.25) is 4.98 Å². The van der Waals surface area contributed by atoms with Crippen molar-refractivity contribution in [3.63, 3.8) is 0 Å². The number of oxime groups is 1. The van der Waals surface area contributed by atoms with Crippen LogP contribution in [0.4, 0.5) is 0 Å². The Balaban J connectivity index is 3.20. The fourth-order valence-corrected chi connectivity index (χ4v) is 1.30. The standard InChI is InChI=1S/C7H7BrN2O/c1-5-2-9-4-7(8)6(5)3-10-11/h2-4,11H,1H3. The Morgan fingerprint density at radius 3 is 2.91 bits per heavy atom. The highest BCUT2D eigenvalue weighted by atomic mass is 79.9. The van der Waals surface area contributed by atoms with Gasteiger partial charge in [0.15, 0.2) is 0 Å². The predicted octanol–water partition coefficient (Wildman–Crippen LogP) is 1.96. The highest BCUT2D eigenvalue weighted by Crippen LogP contribution is 2.15. The topological polar surface area (TPSA) is 45.5 Å². The number of halogens is 1. The average Bonchev–Trinajstić information content (AvgIpc) is 1.97. The maximum absolute atomic E-state index is 8.30. The molecule has 0 bridgehead atoms. The van der Waals surface area contributed by atoms with E-state index in [9.17, 15) is 0 Å². The second-order valence-corrected chi connectivity index (χ2v) is 2.95. The van der Waals surface area contributed by atoms with E-state index in [2.05, 4.69) is 26.1 Å². The van der Waals surface area contributed by atoms with Gasteiger partial charge in [-0.2, -0.15) is 0 Å². The minimum Gasteiger partial charge on any atom is -0.411 e. The summed E-state index contributed by atoms with van der Waals surface area (Å²) in [6.07, 6.45) is 4.74. The molecule has 0 aliphatic heterocycles. The predicted molar refractivity (Wildman–Crippen MR) is 46.1 cm³/mol. The minimum atomic E-state index is 0.829. The van der Waals surface area contributed by atoms with Crippen molar-refractivity contribution in [1.29, 1.82) is 0 Å². The second-order valence-electron chi connectivity index (χ2n) is 2.10. The SMILES string of the molecule is Cc1cncc(Br)c1C=NO. The Morgan fingerprint density at radius 1 is 1.64 bits per heavy atom. The van der Waals surface area contributed by atoms with E-state index in [0.717, 1.165) is 15.6 Å². The normalized spacial score (nSPS) is 10.7. The lowest BCUT2D eigenvalue weighted by molar-refractivity contribution is 0.322. The Kier molecular flexibility index (Phi) is 2.59. The maximum Gasteiger partial charge on any atom is 0.0748 e. The van der Waals surface area contributed by atoms with E-state index in [0.29, 0.717) is 0 Å². The van der Waals surface area contributed by atoms with Gasteiger partial charge in [0.1, 0.15) is 0 Å². The number of rotatable bonds is 1. The van der Waals surface area contributed by atoms with Crippen molar-refractivity contribution in [2.75, 3.05) is 0 Å². The summed E-state index contributed by atoms with van der Waals surface area (Å²) in [5.41, 5.74) is 1.82. The molecule has 0 aromatic carbocycles. The molecule has 0 spiro atoms. The molecule has 1 aromatic rings. The van der Waals surface area contributed by atoms with E-state index in [1.54, 1.807) is 12.4 Å². The fraction of sp³-hybridized carbons (Fsp3) is 0.143. The van der Waals surface area contributed by atoms with E-state index in [4.69, 9.17) is 5.21 Å². The van der Waals surface area contributed by atoms with Crippen LogP contribution < -0.4 is 0 Å². The molecule has 0 atom stereocenters. The van der Waals surface area contributed by atoms with E-state index in [-0.39, 0.29) is 0 Å². The molecule has 0 amide bonds. The van der Waals surface area contributed by atoms with Gasteiger partial charge in [-0.25, -0.2) is 0 Å². The van der Waals surface area contributed by atoms with Crippen molar-refractivity contribution in [3.8, 4) is 0 Å². The van der Waals surface area contributed by atoms with Crippen LogP contribution in [-0.4, -0.2) is 16.4 Å². The molecule has 0 saturated carbocycles. The van der Waals surface area contributed by atoms with E-state index < -0.39 is 0 Å². The minimum absolute atomic E-state index is 0.829. The Hall–Kier alpha value is -0.900. The zero-order chi connectivity index (χ0) is 8.27. The second kappa shape index (κ2) is 3.48. The highest BCUT2D eigenvalue weighted by molar-refractivity contribution is 9.10. The van der Waals surface area contributed by atoms with Crippen LogP contribution in [0.2, 0.25) is 0 Å². The average molecular weight is 215 g/mol. The van der Waals surface area contributed by atoms with Crippen LogP contribution >= 0.6 is 15.9 Å². The molecule has 3 nitrogen and oxygen atoms in total. The zero-order valence-electron chi connectivity index (χ0n) is 5.95. The van der Waals surface area contributed by atoms with Crippen LogP contribution in [-0.2, 0) is 0 Å². The van der Waals surface area contributed by atoms with Gasteiger partial charge in [0.25, 0.3) is 0 Å². The number of hydrogen-bond donors (Lipinski definition) is 1. The van der Waals surface area contributed by atoms with Crippen molar-refractivity contribution < 1.29 is 5.21 Å². The summed E-state index contributed by atoms with van der Waals surface area (Å²) in [6.45, 7) is 1.90. The molecule has 58 valence electrons. The summed E-state index contributed by atoms with van der Waals surface area (Å²) in [5.74, 6) is 0. The molecule has 0 fully saturated rings. The van der Waals surface area contributed by atoms with Crippen LogP contribution in [0.1, 0.15) is 11.1 Å². The first-order valence-corrected chi connectivity index (χ1v) is 3.82. The van der Waals surface area contributed by atoms with Crippen molar-refractivity contribution in [1.82, 2.24) is 4.98 Å². The molecule has 1 heterocycles. The summed E-state index contributed by atoms with van der Waals surface area (Å²) in [6, 6.07) is 0. The molecule has 0 aliphatic rings. The summed E-state index contributed by atoms with van der Waals surface area (Å²) in [4.78, 5) is 3.94. The quantitative estimate of drug-likeness (QED) is 0.442. The molecule has 0 unspecified atom stereocenters. The molecular formula is C7H7BrN2O. The van der Waals surface area contributed by atoms with Crippen molar-refractivity contribution in [3.05, 3.63) is 28.0 Å². The number of aryl methyl sites for hydroxylation is 1. The van der Waals surface area contributed by atoms with Gasteiger partial charge in [-0.05, 0) is 28.4 Å². The molecule has 11 heavy (non-hydrogen) atoms.